The molecule has 0 N–H and O–H groups in total. The summed E-state index contributed by atoms with van der Waals surface area (Å²) >= 11 is 1.51. The lowest BCUT2D eigenvalue weighted by molar-refractivity contribution is -0.187. The van der Waals surface area contributed by atoms with Crippen molar-refractivity contribution in [1.29, 1.82) is 0 Å². The highest BCUT2D eigenvalue weighted by atomic mass is 32.1. The Hall–Kier alpha value is -7.14. The van der Waals surface area contributed by atoms with Gasteiger partial charge in [-0.25, -0.2) is 13.6 Å². The van der Waals surface area contributed by atoms with Crippen molar-refractivity contribution in [1.82, 2.24) is 0 Å². The number of hydrogen-bond acceptors (Lipinski definition) is 12. The van der Waals surface area contributed by atoms with Gasteiger partial charge in [0.1, 0.15) is 22.8 Å². The molecule has 0 amide bonds. The lowest BCUT2D eigenvalue weighted by Crippen LogP contribution is -2.45. The maximum absolute atomic E-state index is 16.3. The average molecular weight is 1010 g/mol. The highest BCUT2D eigenvalue weighted by molar-refractivity contribution is 7.20. The van der Waals surface area contributed by atoms with E-state index < -0.39 is 41.0 Å². The molecule has 2 heterocycles. The topological polar surface area (TPSA) is 123 Å². The van der Waals surface area contributed by atoms with Crippen molar-refractivity contribution in [2.24, 2.45) is 15.6 Å². The van der Waals surface area contributed by atoms with Gasteiger partial charge in [-0.05, 0) is 98.2 Å². The van der Waals surface area contributed by atoms with E-state index in [1.54, 1.807) is 25.1 Å². The van der Waals surface area contributed by atoms with Crippen molar-refractivity contribution >= 4 is 56.1 Å². The molecule has 0 saturated carbocycles. The van der Waals surface area contributed by atoms with Gasteiger partial charge in [0.2, 0.25) is 0 Å². The van der Waals surface area contributed by atoms with Gasteiger partial charge in [0, 0.05) is 45.5 Å². The molecule has 1 fully saturated rings. The second-order valence-corrected chi connectivity index (χ2v) is 18.4. The van der Waals surface area contributed by atoms with Gasteiger partial charge in [0.05, 0.1) is 55.9 Å². The molecule has 0 aliphatic carbocycles. The minimum atomic E-state index is -4.44. The Labute approximate surface area is 417 Å². The molecular weight excluding hydrogens is 953 g/mol. The lowest BCUT2D eigenvalue weighted by Gasteiger charge is -2.40. The molecule has 8 rings (SSSR count). The van der Waals surface area contributed by atoms with Gasteiger partial charge < -0.3 is 33.2 Å². The van der Waals surface area contributed by atoms with Crippen molar-refractivity contribution in [2.45, 2.75) is 59.0 Å². The average Bonchev–Trinajstić information content (AvgIpc) is 3.81. The zero-order chi connectivity index (χ0) is 50.8. The Kier molecular flexibility index (Phi) is 16.3. The van der Waals surface area contributed by atoms with Crippen molar-refractivity contribution < 1.29 is 60.3 Å². The molecule has 0 radical (unpaired) electrons. The fourth-order valence-corrected chi connectivity index (χ4v) is 9.06. The zero-order valence-electron chi connectivity index (χ0n) is 40.1. The van der Waals surface area contributed by atoms with Gasteiger partial charge in [-0.1, -0.05) is 74.0 Å². The molecule has 7 aromatic rings. The molecule has 0 atom stereocenters. The van der Waals surface area contributed by atoms with Gasteiger partial charge in [-0.3, -0.25) is 4.79 Å². The van der Waals surface area contributed by atoms with Crippen molar-refractivity contribution in [2.75, 3.05) is 40.1 Å². The number of hydrogen-bond donors (Lipinski definition) is 0. The summed E-state index contributed by atoms with van der Waals surface area (Å²) < 4.78 is 104. The van der Waals surface area contributed by atoms with Crippen LogP contribution in [0.5, 0.6) is 28.7 Å². The van der Waals surface area contributed by atoms with Crippen molar-refractivity contribution in [3.63, 3.8) is 0 Å². The number of benzene rings is 6. The molecule has 6 aromatic carbocycles. The van der Waals surface area contributed by atoms with Crippen LogP contribution in [0.25, 0.3) is 32.0 Å². The van der Waals surface area contributed by atoms with Crippen molar-refractivity contribution in [3.8, 4) is 39.9 Å². The number of halogens is 4. The minimum absolute atomic E-state index is 0.00346. The fraction of sp³-hybridized carbons (Fsp3) is 0.286. The number of alkyl halides is 2. The number of methoxy groups -OCH3 is 1. The Morgan fingerprint density at radius 1 is 0.792 bits per heavy atom. The van der Waals surface area contributed by atoms with Gasteiger partial charge in [-0.2, -0.15) is 19.0 Å². The molecule has 374 valence electrons. The Morgan fingerprint density at radius 2 is 1.53 bits per heavy atom. The largest absolute Gasteiger partial charge is 0.493 e. The number of rotatable bonds is 22. The first kappa shape index (κ1) is 51.2. The standard InChI is InChI=1S/C56H52F4N2O9S/c1-5-55(33-67-34-55)32-66-26-12-6-7-13-27-68-46-25-20-39(28-48(46)65-4)54(64)70-53-40(31-61-62-35(2)50-30-38-14-8-11-17-49(38)72-50)29-47(43-15-9-10-16-44(43)53)71-56(59,60)45-24-23-42(51(57)52(45)58)37-18-21-41(22-19-37)69-36(3)63/h8-11,14-25,28-31H,5-7,12-13,26-27,32-34H2,1-4H3/b61-31+,62-35+. The number of ether oxygens (including phenoxy) is 7. The molecule has 16 heteroatoms. The maximum atomic E-state index is 16.3. The molecule has 0 bridgehead atoms. The highest BCUT2D eigenvalue weighted by Gasteiger charge is 2.40. The molecule has 1 aromatic heterocycles. The molecule has 11 nitrogen and oxygen atoms in total. The van der Waals surface area contributed by atoms with Crippen LogP contribution in [0.15, 0.2) is 125 Å². The van der Waals surface area contributed by atoms with E-state index in [-0.39, 0.29) is 49.9 Å². The summed E-state index contributed by atoms with van der Waals surface area (Å²) in [6.45, 7) is 8.50. The van der Waals surface area contributed by atoms with E-state index in [0.717, 1.165) is 85.1 Å². The van der Waals surface area contributed by atoms with E-state index in [1.807, 2.05) is 30.3 Å². The van der Waals surface area contributed by atoms with E-state index in [9.17, 15) is 9.59 Å². The summed E-state index contributed by atoms with van der Waals surface area (Å²) in [6, 6.07) is 28.9. The number of esters is 2. The number of carbonyl (C=O) groups is 2. The minimum Gasteiger partial charge on any atom is -0.493 e. The van der Waals surface area contributed by atoms with Crippen LogP contribution in [0, 0.1) is 17.0 Å². The lowest BCUT2D eigenvalue weighted by atomic mass is 9.84. The van der Waals surface area contributed by atoms with Crippen LogP contribution in [-0.4, -0.2) is 64.0 Å². The van der Waals surface area contributed by atoms with E-state index in [1.165, 1.54) is 80.1 Å². The Morgan fingerprint density at radius 3 is 2.24 bits per heavy atom. The third kappa shape index (κ3) is 12.0. The zero-order valence-corrected chi connectivity index (χ0v) is 40.9. The van der Waals surface area contributed by atoms with Gasteiger partial charge >= 0.3 is 18.0 Å². The van der Waals surface area contributed by atoms with Crippen LogP contribution in [0.1, 0.15) is 79.2 Å². The van der Waals surface area contributed by atoms with Gasteiger partial charge in [0.15, 0.2) is 23.1 Å². The SMILES string of the molecule is CCC1(COCCCCCCOc2ccc(C(=O)Oc3c(/C=N/N=C(\C)c4cc5ccccc5s4)cc(OC(F)(F)c4ccc(-c5ccc(OC(C)=O)cc5)c(F)c4F)c4ccccc34)cc2OC)COC1. The first-order valence-corrected chi connectivity index (χ1v) is 24.2. The first-order chi connectivity index (χ1) is 34.8. The van der Waals surface area contributed by atoms with Gasteiger partial charge in [0.25, 0.3) is 0 Å². The van der Waals surface area contributed by atoms with E-state index >= 15 is 17.6 Å². The van der Waals surface area contributed by atoms with Crippen LogP contribution in [0.2, 0.25) is 0 Å². The third-order valence-electron chi connectivity index (χ3n) is 12.2. The quantitative estimate of drug-likeness (QED) is 0.0163. The number of thiophene rings is 1. The van der Waals surface area contributed by atoms with Crippen LogP contribution < -0.4 is 23.7 Å². The van der Waals surface area contributed by atoms with E-state index in [2.05, 4.69) is 17.1 Å². The molecule has 72 heavy (non-hydrogen) atoms. The Bertz CT molecular complexity index is 3100. The fourth-order valence-electron chi connectivity index (χ4n) is 8.05. The highest BCUT2D eigenvalue weighted by Crippen LogP contribution is 2.43. The predicted octanol–water partition coefficient (Wildman–Crippen LogP) is 13.5. The Balaban J connectivity index is 1.03. The van der Waals surface area contributed by atoms with Crippen LogP contribution in [0.3, 0.4) is 0 Å². The van der Waals surface area contributed by atoms with E-state index in [4.69, 9.17) is 33.2 Å². The maximum Gasteiger partial charge on any atom is 0.429 e. The molecule has 1 saturated heterocycles. The number of nitrogens with zero attached hydrogens (tertiary/aromatic N) is 2. The number of fused-ring (bicyclic) bond motifs is 2. The summed E-state index contributed by atoms with van der Waals surface area (Å²) in [4.78, 5) is 26.2. The second-order valence-electron chi connectivity index (χ2n) is 17.4. The van der Waals surface area contributed by atoms with Crippen molar-refractivity contribution in [3.05, 3.63) is 148 Å². The van der Waals surface area contributed by atoms with Gasteiger partial charge in [-0.15, -0.1) is 11.3 Å². The van der Waals surface area contributed by atoms with Crippen LogP contribution in [0.4, 0.5) is 17.6 Å². The van der Waals surface area contributed by atoms with Crippen LogP contribution >= 0.6 is 11.3 Å². The summed E-state index contributed by atoms with van der Waals surface area (Å²) in [5.41, 5.74) is -0.732. The number of carbonyl (C=O) groups excluding carboxylic acids is 2. The summed E-state index contributed by atoms with van der Waals surface area (Å²) in [6.07, 6.45) is 1.50. The summed E-state index contributed by atoms with van der Waals surface area (Å²) in [5, 5.41) is 9.89. The summed E-state index contributed by atoms with van der Waals surface area (Å²) in [5.74, 6) is -4.44. The first-order valence-electron chi connectivity index (χ1n) is 23.4. The predicted molar refractivity (Wildman–Crippen MR) is 269 cm³/mol. The normalized spacial score (nSPS) is 13.6. The summed E-state index contributed by atoms with van der Waals surface area (Å²) in [7, 11) is 1.45. The molecule has 1 aliphatic rings. The second kappa shape index (κ2) is 22.9. The van der Waals surface area contributed by atoms with Crippen LogP contribution in [-0.2, 0) is 20.4 Å². The third-order valence-corrected chi connectivity index (χ3v) is 13.5. The van der Waals surface area contributed by atoms with E-state index in [0.29, 0.717) is 30.4 Å². The molecular formula is C56H52F4N2O9S. The molecule has 0 spiro atoms. The smallest absolute Gasteiger partial charge is 0.429 e. The number of unbranched alkanes of at least 4 members (excludes halogenated alkanes) is 3. The molecule has 0 unspecified atom stereocenters. The monoisotopic (exact) mass is 1000 g/mol. The molecule has 1 aliphatic heterocycles.